The van der Waals surface area contributed by atoms with E-state index in [0.29, 0.717) is 17.8 Å². The first-order valence-corrected chi connectivity index (χ1v) is 8.60. The Morgan fingerprint density at radius 1 is 1.00 bits per heavy atom. The lowest BCUT2D eigenvalue weighted by atomic mass is 10.1. The van der Waals surface area contributed by atoms with E-state index in [1.165, 1.54) is 23.1 Å². The molecule has 0 N–H and O–H groups in total. The van der Waals surface area contributed by atoms with Crippen molar-refractivity contribution < 1.29 is 22.6 Å². The topological polar surface area (TPSA) is 79.1 Å². The van der Waals surface area contributed by atoms with Gasteiger partial charge in [-0.15, -0.1) is 13.2 Å². The summed E-state index contributed by atoms with van der Waals surface area (Å²) >= 11 is 0. The van der Waals surface area contributed by atoms with E-state index < -0.39 is 13.0 Å². The van der Waals surface area contributed by atoms with Crippen LogP contribution in [0, 0.1) is 6.92 Å². The summed E-state index contributed by atoms with van der Waals surface area (Å²) in [5, 5.41) is 4.33. The molecule has 0 atom stereocenters. The molecule has 0 unspecified atom stereocenters. The smallest absolute Gasteiger partial charge is 0.461 e. The Labute approximate surface area is 163 Å². The highest BCUT2D eigenvalue weighted by Gasteiger charge is 2.28. The maximum absolute atomic E-state index is 12.1. The molecule has 0 spiro atoms. The van der Waals surface area contributed by atoms with Gasteiger partial charge >= 0.3 is 12.4 Å². The zero-order chi connectivity index (χ0) is 20.9. The number of alkyl halides is 3. The van der Waals surface area contributed by atoms with E-state index in [-0.39, 0.29) is 18.2 Å². The van der Waals surface area contributed by atoms with Crippen LogP contribution >= 0.6 is 0 Å². The highest BCUT2D eigenvalue weighted by molar-refractivity contribution is 5.55. The summed E-state index contributed by atoms with van der Waals surface area (Å²) in [7, 11) is 0. The number of aryl methyl sites for hydroxylation is 1. The van der Waals surface area contributed by atoms with Gasteiger partial charge in [0.25, 0.3) is 5.56 Å². The van der Waals surface area contributed by atoms with Crippen LogP contribution in [0.2, 0.25) is 0 Å². The summed E-state index contributed by atoms with van der Waals surface area (Å²) in [6, 6.07) is 10.6. The van der Waals surface area contributed by atoms with Crippen LogP contribution in [0.4, 0.5) is 13.2 Å². The molecule has 0 amide bonds. The maximum Gasteiger partial charge on any atom is 0.522 e. The molecule has 0 aliphatic heterocycles. The van der Waals surface area contributed by atoms with Crippen molar-refractivity contribution in [2.45, 2.75) is 19.8 Å². The van der Waals surface area contributed by atoms with Crippen molar-refractivity contribution in [2.75, 3.05) is 13.2 Å². The van der Waals surface area contributed by atoms with E-state index in [4.69, 9.17) is 4.74 Å². The van der Waals surface area contributed by atoms with Gasteiger partial charge in [0.05, 0.1) is 18.8 Å². The molecular weight excluding hydrogens is 389 g/mol. The van der Waals surface area contributed by atoms with Crippen molar-refractivity contribution in [3.63, 3.8) is 0 Å². The van der Waals surface area contributed by atoms with E-state index in [1.807, 2.05) is 31.2 Å². The van der Waals surface area contributed by atoms with Gasteiger partial charge in [-0.3, -0.25) is 9.53 Å². The second-order valence-electron chi connectivity index (χ2n) is 6.10. The van der Waals surface area contributed by atoms with Crippen molar-refractivity contribution in [3.05, 3.63) is 70.3 Å². The zero-order valence-corrected chi connectivity index (χ0v) is 15.4. The van der Waals surface area contributed by atoms with Crippen LogP contribution < -0.4 is 10.3 Å². The Morgan fingerprint density at radius 3 is 2.34 bits per heavy atom. The first-order valence-electron chi connectivity index (χ1n) is 8.60. The number of hydrogen-bond donors (Lipinski definition) is 0. The standard InChI is InChI=1S/C19H17F3N4O3/c1-13-2-4-14(5-3-13)12-26-17(27)7-6-16(25-26)15-10-23-18(24-11-15)28-8-9-29-19(20,21)22/h2-7,10-11H,8-9,12H2,1H3. The molecule has 0 fully saturated rings. The van der Waals surface area contributed by atoms with Crippen molar-refractivity contribution >= 4 is 0 Å². The predicted molar refractivity (Wildman–Crippen MR) is 97.3 cm³/mol. The molecule has 29 heavy (non-hydrogen) atoms. The van der Waals surface area contributed by atoms with Crippen LogP contribution in [0.15, 0.2) is 53.6 Å². The van der Waals surface area contributed by atoms with Gasteiger partial charge < -0.3 is 4.74 Å². The van der Waals surface area contributed by atoms with Gasteiger partial charge in [-0.25, -0.2) is 14.6 Å². The fourth-order valence-electron chi connectivity index (χ4n) is 2.40. The molecule has 0 radical (unpaired) electrons. The van der Waals surface area contributed by atoms with E-state index in [9.17, 15) is 18.0 Å². The fraction of sp³-hybridized carbons (Fsp3) is 0.263. The van der Waals surface area contributed by atoms with Crippen LogP contribution in [0.25, 0.3) is 11.3 Å². The van der Waals surface area contributed by atoms with Crippen molar-refractivity contribution in [2.24, 2.45) is 0 Å². The Morgan fingerprint density at radius 2 is 1.69 bits per heavy atom. The minimum absolute atomic E-state index is 0.0903. The summed E-state index contributed by atoms with van der Waals surface area (Å²) in [5.74, 6) is 0. The van der Waals surface area contributed by atoms with Gasteiger partial charge in [0.1, 0.15) is 6.61 Å². The number of ether oxygens (including phenoxy) is 2. The molecule has 1 aromatic carbocycles. The van der Waals surface area contributed by atoms with Crippen LogP contribution in [0.5, 0.6) is 6.01 Å². The molecule has 0 aliphatic carbocycles. The molecule has 7 nitrogen and oxygen atoms in total. The second kappa shape index (κ2) is 8.82. The molecule has 0 bridgehead atoms. The Balaban J connectivity index is 1.67. The van der Waals surface area contributed by atoms with Crippen LogP contribution in [0.1, 0.15) is 11.1 Å². The van der Waals surface area contributed by atoms with E-state index in [1.54, 1.807) is 6.07 Å². The average Bonchev–Trinajstić information content (AvgIpc) is 2.68. The van der Waals surface area contributed by atoms with E-state index in [0.717, 1.165) is 11.1 Å². The lowest BCUT2D eigenvalue weighted by Crippen LogP contribution is -2.22. The Bertz CT molecular complexity index is 1000. The summed E-state index contributed by atoms with van der Waals surface area (Å²) in [4.78, 5) is 20.0. The van der Waals surface area contributed by atoms with Crippen LogP contribution in [-0.4, -0.2) is 39.3 Å². The number of aromatic nitrogens is 4. The largest absolute Gasteiger partial charge is 0.522 e. The van der Waals surface area contributed by atoms with Gasteiger partial charge in [0, 0.05) is 24.0 Å². The lowest BCUT2D eigenvalue weighted by molar-refractivity contribution is -0.325. The minimum atomic E-state index is -4.71. The molecule has 152 valence electrons. The fourth-order valence-corrected chi connectivity index (χ4v) is 2.40. The number of benzene rings is 1. The maximum atomic E-state index is 12.1. The Kier molecular flexibility index (Phi) is 6.23. The van der Waals surface area contributed by atoms with Crippen molar-refractivity contribution in [1.82, 2.24) is 19.7 Å². The third-order valence-electron chi connectivity index (χ3n) is 3.82. The van der Waals surface area contributed by atoms with E-state index in [2.05, 4.69) is 19.8 Å². The second-order valence-corrected chi connectivity index (χ2v) is 6.10. The van der Waals surface area contributed by atoms with Crippen LogP contribution in [0.3, 0.4) is 0 Å². The molecular formula is C19H17F3N4O3. The molecule has 10 heteroatoms. The minimum Gasteiger partial charge on any atom is -0.461 e. The van der Waals surface area contributed by atoms with Crippen molar-refractivity contribution in [1.29, 1.82) is 0 Å². The van der Waals surface area contributed by atoms with E-state index >= 15 is 0 Å². The molecule has 0 saturated carbocycles. The molecule has 0 aliphatic rings. The summed E-state index contributed by atoms with van der Waals surface area (Å²) in [5.41, 5.74) is 2.81. The van der Waals surface area contributed by atoms with Crippen molar-refractivity contribution in [3.8, 4) is 17.3 Å². The first kappa shape index (κ1) is 20.5. The normalized spacial score (nSPS) is 11.4. The first-order chi connectivity index (χ1) is 13.8. The number of rotatable bonds is 7. The summed E-state index contributed by atoms with van der Waals surface area (Å²) < 4.78 is 45.6. The lowest BCUT2D eigenvalue weighted by Gasteiger charge is -2.09. The molecule has 3 rings (SSSR count). The summed E-state index contributed by atoms with van der Waals surface area (Å²) in [6.45, 7) is 1.28. The van der Waals surface area contributed by atoms with Gasteiger partial charge in [-0.05, 0) is 18.6 Å². The van der Waals surface area contributed by atoms with Crippen LogP contribution in [-0.2, 0) is 11.3 Å². The molecule has 2 heterocycles. The number of hydrogen-bond acceptors (Lipinski definition) is 6. The number of halogens is 3. The number of nitrogens with zero attached hydrogens (tertiary/aromatic N) is 4. The quantitative estimate of drug-likeness (QED) is 0.562. The third kappa shape index (κ3) is 6.11. The monoisotopic (exact) mass is 406 g/mol. The predicted octanol–water partition coefficient (Wildman–Crippen LogP) is 2.97. The summed E-state index contributed by atoms with van der Waals surface area (Å²) in [6.07, 6.45) is -1.88. The highest BCUT2D eigenvalue weighted by Crippen LogP contribution is 2.17. The molecule has 0 saturated heterocycles. The molecule has 3 aromatic rings. The van der Waals surface area contributed by atoms with Gasteiger partial charge in [0.15, 0.2) is 0 Å². The average molecular weight is 406 g/mol. The SMILES string of the molecule is Cc1ccc(Cn2nc(-c3cnc(OCCOC(F)(F)F)nc3)ccc2=O)cc1. The zero-order valence-electron chi connectivity index (χ0n) is 15.4. The van der Waals surface area contributed by atoms with Gasteiger partial charge in [0.2, 0.25) is 0 Å². The van der Waals surface area contributed by atoms with Gasteiger partial charge in [-0.2, -0.15) is 5.10 Å². The molecule has 2 aromatic heterocycles. The Hall–Kier alpha value is -3.27. The van der Waals surface area contributed by atoms with Gasteiger partial charge in [-0.1, -0.05) is 29.8 Å². The highest BCUT2D eigenvalue weighted by atomic mass is 19.4. The third-order valence-corrected chi connectivity index (χ3v) is 3.82.